The van der Waals surface area contributed by atoms with Crippen LogP contribution in [0, 0.1) is 0 Å². The molecule has 0 fully saturated rings. The quantitative estimate of drug-likeness (QED) is 0.181. The molecule has 9 aromatic rings. The van der Waals surface area contributed by atoms with Crippen molar-refractivity contribution >= 4 is 60.9 Å². The summed E-state index contributed by atoms with van der Waals surface area (Å²) >= 11 is 0. The molecule has 0 unspecified atom stereocenters. The van der Waals surface area contributed by atoms with Crippen LogP contribution in [0.15, 0.2) is 148 Å². The molecule has 10 rings (SSSR count). The standard InChI is InChI=1S/C53H47NO2/c1-51(2,3)34-27-40-39-30-41-43(31-48(39)56-50(40)44(28-34)52(4,5)6)53(7,8)42-18-14-19-45(49(41)42)54(35-23-21-33(22-24-35)32-15-10-9-11-16-32)36-25-26-38-37-17-12-13-20-46(37)55-47(38)29-36/h9-31H,1-8H3. The maximum Gasteiger partial charge on any atom is 0.139 e. The predicted molar refractivity (Wildman–Crippen MR) is 236 cm³/mol. The Morgan fingerprint density at radius 3 is 1.91 bits per heavy atom. The van der Waals surface area contributed by atoms with Gasteiger partial charge in [0, 0.05) is 55.5 Å². The van der Waals surface area contributed by atoms with Crippen molar-refractivity contribution in [2.75, 3.05) is 4.90 Å². The maximum absolute atomic E-state index is 6.90. The molecule has 3 heteroatoms. The Kier molecular flexibility index (Phi) is 7.36. The lowest BCUT2D eigenvalue weighted by atomic mass is 9.79. The van der Waals surface area contributed by atoms with Gasteiger partial charge in [-0.1, -0.05) is 134 Å². The second-order valence-electron chi connectivity index (χ2n) is 18.2. The van der Waals surface area contributed by atoms with E-state index in [1.54, 1.807) is 0 Å². The smallest absolute Gasteiger partial charge is 0.139 e. The Labute approximate surface area is 329 Å². The van der Waals surface area contributed by atoms with Crippen molar-refractivity contribution < 1.29 is 8.83 Å². The Morgan fingerprint density at radius 1 is 0.482 bits per heavy atom. The van der Waals surface area contributed by atoms with Crippen LogP contribution in [0.5, 0.6) is 0 Å². The van der Waals surface area contributed by atoms with E-state index in [2.05, 4.69) is 188 Å². The first-order chi connectivity index (χ1) is 26.8. The van der Waals surface area contributed by atoms with Crippen LogP contribution in [0.1, 0.15) is 77.6 Å². The van der Waals surface area contributed by atoms with E-state index in [1.807, 2.05) is 12.1 Å². The molecule has 0 spiro atoms. The molecular weight excluding hydrogens is 683 g/mol. The molecule has 0 saturated carbocycles. The van der Waals surface area contributed by atoms with E-state index in [-0.39, 0.29) is 16.2 Å². The van der Waals surface area contributed by atoms with Crippen molar-refractivity contribution in [1.29, 1.82) is 0 Å². The molecule has 2 heterocycles. The van der Waals surface area contributed by atoms with Gasteiger partial charge in [-0.05, 0) is 98.8 Å². The number of furan rings is 2. The molecular formula is C53H47NO2. The first kappa shape index (κ1) is 34.4. The minimum atomic E-state index is -0.247. The van der Waals surface area contributed by atoms with E-state index in [0.717, 1.165) is 55.6 Å². The van der Waals surface area contributed by atoms with Crippen molar-refractivity contribution in [3.63, 3.8) is 0 Å². The zero-order valence-electron chi connectivity index (χ0n) is 33.5. The van der Waals surface area contributed by atoms with Crippen LogP contribution in [0.4, 0.5) is 17.1 Å². The molecule has 7 aromatic carbocycles. The number of anilines is 3. The van der Waals surface area contributed by atoms with Crippen molar-refractivity contribution in [3.8, 4) is 22.3 Å². The van der Waals surface area contributed by atoms with Gasteiger partial charge < -0.3 is 13.7 Å². The predicted octanol–water partition coefficient (Wildman–Crippen LogP) is 15.5. The van der Waals surface area contributed by atoms with Gasteiger partial charge in [0.05, 0.1) is 5.69 Å². The van der Waals surface area contributed by atoms with Gasteiger partial charge in [0.2, 0.25) is 0 Å². The average molecular weight is 730 g/mol. The third kappa shape index (κ3) is 5.24. The SMILES string of the molecule is CC(C)(C)c1cc(C(C)(C)C)c2oc3cc4c(cc3c2c1)-c1c(N(c2ccc(-c3ccccc3)cc2)c2ccc3c(c2)oc2ccccc23)cccc1C4(C)C. The summed E-state index contributed by atoms with van der Waals surface area (Å²) in [6.07, 6.45) is 0. The van der Waals surface area contributed by atoms with Gasteiger partial charge in [-0.15, -0.1) is 0 Å². The summed E-state index contributed by atoms with van der Waals surface area (Å²) in [4.78, 5) is 2.42. The van der Waals surface area contributed by atoms with Crippen molar-refractivity contribution in [2.24, 2.45) is 0 Å². The zero-order valence-corrected chi connectivity index (χ0v) is 33.5. The molecule has 1 aliphatic rings. The number of benzene rings is 7. The van der Waals surface area contributed by atoms with E-state index < -0.39 is 0 Å². The number of fused-ring (bicyclic) bond motifs is 9. The highest BCUT2D eigenvalue weighted by Crippen LogP contribution is 2.56. The fraction of sp³-hybridized carbons (Fsp3) is 0.208. The minimum Gasteiger partial charge on any atom is -0.456 e. The lowest BCUT2D eigenvalue weighted by molar-refractivity contribution is 0.559. The van der Waals surface area contributed by atoms with Crippen molar-refractivity contribution in [1.82, 2.24) is 0 Å². The van der Waals surface area contributed by atoms with E-state index >= 15 is 0 Å². The summed E-state index contributed by atoms with van der Waals surface area (Å²) in [5, 5.41) is 4.60. The van der Waals surface area contributed by atoms with Crippen LogP contribution < -0.4 is 4.90 Å². The third-order valence-electron chi connectivity index (χ3n) is 12.1. The van der Waals surface area contributed by atoms with Gasteiger partial charge in [0.25, 0.3) is 0 Å². The van der Waals surface area contributed by atoms with E-state index in [4.69, 9.17) is 8.83 Å². The van der Waals surface area contributed by atoms with Gasteiger partial charge in [-0.3, -0.25) is 0 Å². The maximum atomic E-state index is 6.90. The summed E-state index contributed by atoms with van der Waals surface area (Å²) in [7, 11) is 0. The van der Waals surface area contributed by atoms with Gasteiger partial charge in [0.15, 0.2) is 0 Å². The molecule has 0 amide bonds. The Hall–Kier alpha value is -6.06. The lowest BCUT2D eigenvalue weighted by Crippen LogP contribution is -2.16. The Morgan fingerprint density at radius 2 is 1.16 bits per heavy atom. The largest absolute Gasteiger partial charge is 0.456 e. The molecule has 276 valence electrons. The molecule has 0 atom stereocenters. The van der Waals surface area contributed by atoms with Crippen LogP contribution in [0.2, 0.25) is 0 Å². The fourth-order valence-corrected chi connectivity index (χ4v) is 9.03. The Balaban J connectivity index is 1.23. The minimum absolute atomic E-state index is 0.00617. The van der Waals surface area contributed by atoms with E-state index in [9.17, 15) is 0 Å². The number of para-hydroxylation sites is 1. The summed E-state index contributed by atoms with van der Waals surface area (Å²) in [5.74, 6) is 0. The van der Waals surface area contributed by atoms with Crippen LogP contribution >= 0.6 is 0 Å². The van der Waals surface area contributed by atoms with Crippen molar-refractivity contribution in [3.05, 3.63) is 162 Å². The number of nitrogens with zero attached hydrogens (tertiary/aromatic N) is 1. The molecule has 0 N–H and O–H groups in total. The third-order valence-corrected chi connectivity index (χ3v) is 12.1. The summed E-state index contributed by atoms with van der Waals surface area (Å²) < 4.78 is 13.4. The number of hydrogen-bond acceptors (Lipinski definition) is 3. The summed E-state index contributed by atoms with van der Waals surface area (Å²) in [6, 6.07) is 50.8. The average Bonchev–Trinajstić information content (AvgIpc) is 3.81. The van der Waals surface area contributed by atoms with Gasteiger partial charge >= 0.3 is 0 Å². The Bertz CT molecular complexity index is 3000. The highest BCUT2D eigenvalue weighted by atomic mass is 16.3. The number of rotatable bonds is 4. The van der Waals surface area contributed by atoms with Gasteiger partial charge in [0.1, 0.15) is 22.3 Å². The molecule has 0 bridgehead atoms. The van der Waals surface area contributed by atoms with Crippen LogP contribution in [-0.4, -0.2) is 0 Å². The van der Waals surface area contributed by atoms with Gasteiger partial charge in [-0.25, -0.2) is 0 Å². The summed E-state index contributed by atoms with van der Waals surface area (Å²) in [6.45, 7) is 18.5. The van der Waals surface area contributed by atoms with E-state index in [0.29, 0.717) is 0 Å². The van der Waals surface area contributed by atoms with Crippen molar-refractivity contribution in [2.45, 2.75) is 71.6 Å². The van der Waals surface area contributed by atoms with Crippen LogP contribution in [0.25, 0.3) is 66.1 Å². The molecule has 1 aliphatic carbocycles. The second-order valence-corrected chi connectivity index (χ2v) is 18.2. The second kappa shape index (κ2) is 12.0. The van der Waals surface area contributed by atoms with Gasteiger partial charge in [-0.2, -0.15) is 0 Å². The molecule has 0 saturated heterocycles. The zero-order chi connectivity index (χ0) is 38.7. The molecule has 2 aromatic heterocycles. The first-order valence-electron chi connectivity index (χ1n) is 19.8. The fourth-order valence-electron chi connectivity index (χ4n) is 9.03. The number of hydrogen-bond donors (Lipinski definition) is 0. The topological polar surface area (TPSA) is 29.5 Å². The first-order valence-corrected chi connectivity index (χ1v) is 19.8. The highest BCUT2D eigenvalue weighted by molar-refractivity contribution is 6.11. The van der Waals surface area contributed by atoms with Crippen LogP contribution in [0.3, 0.4) is 0 Å². The molecule has 56 heavy (non-hydrogen) atoms. The lowest BCUT2D eigenvalue weighted by Gasteiger charge is -2.29. The highest BCUT2D eigenvalue weighted by Gasteiger charge is 2.39. The van der Waals surface area contributed by atoms with E-state index in [1.165, 1.54) is 49.9 Å². The molecule has 0 radical (unpaired) electrons. The summed E-state index contributed by atoms with van der Waals surface area (Å²) in [5.41, 5.74) is 16.7. The van der Waals surface area contributed by atoms with Crippen LogP contribution in [-0.2, 0) is 16.2 Å². The molecule has 0 aliphatic heterocycles. The normalized spacial score (nSPS) is 13.9. The monoisotopic (exact) mass is 729 g/mol. The molecule has 3 nitrogen and oxygen atoms in total.